The molecule has 0 aliphatic carbocycles. The number of benzene rings is 1. The van der Waals surface area contributed by atoms with Gasteiger partial charge in [0.15, 0.2) is 0 Å². The smallest absolute Gasteiger partial charge is 0.339 e. The number of anilines is 1. The van der Waals surface area contributed by atoms with Crippen LogP contribution in [0.15, 0.2) is 33.2 Å². The van der Waals surface area contributed by atoms with Gasteiger partial charge in [0.25, 0.3) is 0 Å². The number of hydrogen-bond donors (Lipinski definition) is 2. The second-order valence-electron chi connectivity index (χ2n) is 4.36. The van der Waals surface area contributed by atoms with Crippen molar-refractivity contribution in [3.05, 3.63) is 51.4 Å². The molecule has 0 atom stereocenters. The number of rotatable bonds is 4. The maximum atomic E-state index is 10.9. The number of halogens is 1. The predicted molar refractivity (Wildman–Crippen MR) is 76.6 cm³/mol. The average Bonchev–Trinajstić information content (AvgIpc) is 2.67. The Bertz CT molecular complexity index is 599. The molecule has 2 aromatic rings. The minimum absolute atomic E-state index is 0.210. The topological polar surface area (TPSA) is 62.5 Å². The van der Waals surface area contributed by atoms with Gasteiger partial charge in [-0.3, -0.25) is 0 Å². The van der Waals surface area contributed by atoms with E-state index in [4.69, 9.17) is 9.52 Å². The Hall–Kier alpha value is -1.75. The zero-order chi connectivity index (χ0) is 14.0. The largest absolute Gasteiger partial charge is 0.478 e. The zero-order valence-corrected chi connectivity index (χ0v) is 12.2. The van der Waals surface area contributed by atoms with Gasteiger partial charge in [0.2, 0.25) is 0 Å². The van der Waals surface area contributed by atoms with Crippen molar-refractivity contribution in [3.63, 3.8) is 0 Å². The Morgan fingerprint density at radius 2 is 2.05 bits per heavy atom. The average molecular weight is 324 g/mol. The lowest BCUT2D eigenvalue weighted by molar-refractivity contribution is 0.0695. The van der Waals surface area contributed by atoms with E-state index in [2.05, 4.69) is 21.2 Å². The van der Waals surface area contributed by atoms with Crippen LogP contribution >= 0.6 is 15.9 Å². The molecule has 0 bridgehead atoms. The Kier molecular flexibility index (Phi) is 3.95. The molecule has 2 rings (SSSR count). The normalized spacial score (nSPS) is 10.5. The summed E-state index contributed by atoms with van der Waals surface area (Å²) in [5.74, 6) is 0.0630. The third kappa shape index (κ3) is 3.38. The van der Waals surface area contributed by atoms with E-state index in [1.165, 1.54) is 0 Å². The summed E-state index contributed by atoms with van der Waals surface area (Å²) in [7, 11) is 0. The van der Waals surface area contributed by atoms with Gasteiger partial charge in [-0.15, -0.1) is 0 Å². The highest BCUT2D eigenvalue weighted by atomic mass is 79.9. The summed E-state index contributed by atoms with van der Waals surface area (Å²) < 4.78 is 6.40. The molecule has 1 aromatic carbocycles. The lowest BCUT2D eigenvalue weighted by atomic mass is 10.2. The van der Waals surface area contributed by atoms with Crippen LogP contribution in [0.5, 0.6) is 0 Å². The fourth-order valence-electron chi connectivity index (χ4n) is 1.87. The van der Waals surface area contributed by atoms with Crippen molar-refractivity contribution in [2.45, 2.75) is 20.4 Å². The highest BCUT2D eigenvalue weighted by Gasteiger charge is 2.13. The molecule has 0 fully saturated rings. The number of hydrogen-bond acceptors (Lipinski definition) is 3. The van der Waals surface area contributed by atoms with E-state index in [9.17, 15) is 4.79 Å². The monoisotopic (exact) mass is 323 g/mol. The van der Waals surface area contributed by atoms with Crippen LogP contribution in [0.2, 0.25) is 0 Å². The third-order valence-electron chi connectivity index (χ3n) is 2.71. The third-order valence-corrected chi connectivity index (χ3v) is 3.17. The lowest BCUT2D eigenvalue weighted by Crippen LogP contribution is -1.99. The van der Waals surface area contributed by atoms with Gasteiger partial charge in [0.1, 0.15) is 17.1 Å². The highest BCUT2D eigenvalue weighted by Crippen LogP contribution is 2.21. The second-order valence-corrected chi connectivity index (χ2v) is 5.27. The van der Waals surface area contributed by atoms with Crippen molar-refractivity contribution in [3.8, 4) is 0 Å². The molecule has 0 amide bonds. The highest BCUT2D eigenvalue weighted by molar-refractivity contribution is 9.10. The Labute approximate surface area is 119 Å². The summed E-state index contributed by atoms with van der Waals surface area (Å²) in [4.78, 5) is 10.9. The second kappa shape index (κ2) is 5.48. The molecule has 2 N–H and O–H groups in total. The van der Waals surface area contributed by atoms with E-state index < -0.39 is 5.97 Å². The Balaban J connectivity index is 2.10. The number of nitrogens with one attached hydrogen (secondary N) is 1. The minimum Gasteiger partial charge on any atom is -0.478 e. The number of furan rings is 1. The van der Waals surface area contributed by atoms with Gasteiger partial charge >= 0.3 is 5.97 Å². The molecule has 0 spiro atoms. The fourth-order valence-corrected chi connectivity index (χ4v) is 2.48. The molecule has 0 aliphatic rings. The summed E-state index contributed by atoms with van der Waals surface area (Å²) in [6, 6.07) is 7.54. The zero-order valence-electron chi connectivity index (χ0n) is 10.7. The summed E-state index contributed by atoms with van der Waals surface area (Å²) in [5, 5.41) is 12.2. The first-order valence-electron chi connectivity index (χ1n) is 5.79. The van der Waals surface area contributed by atoms with Crippen LogP contribution in [-0.4, -0.2) is 11.1 Å². The standard InChI is InChI=1S/C14H14BrNO3/c1-8-3-10(15)5-11(4-8)16-7-12-6-13(14(17)18)9(2)19-12/h3-6,16H,7H2,1-2H3,(H,17,18). The Morgan fingerprint density at radius 3 is 2.63 bits per heavy atom. The lowest BCUT2D eigenvalue weighted by Gasteiger charge is -2.06. The molecule has 1 heterocycles. The molecule has 4 nitrogen and oxygen atoms in total. The van der Waals surface area contributed by atoms with E-state index >= 15 is 0 Å². The molecule has 0 saturated heterocycles. The van der Waals surface area contributed by atoms with Crippen molar-refractivity contribution in [1.82, 2.24) is 0 Å². The Morgan fingerprint density at radius 1 is 1.32 bits per heavy atom. The molecular weight excluding hydrogens is 310 g/mol. The first kappa shape index (κ1) is 13.7. The molecule has 5 heteroatoms. The van der Waals surface area contributed by atoms with Crippen LogP contribution in [0.4, 0.5) is 5.69 Å². The van der Waals surface area contributed by atoms with Crippen LogP contribution in [0.1, 0.15) is 27.4 Å². The van der Waals surface area contributed by atoms with Gasteiger partial charge in [-0.2, -0.15) is 0 Å². The fraction of sp³-hybridized carbons (Fsp3) is 0.214. The summed E-state index contributed by atoms with van der Waals surface area (Å²) >= 11 is 3.43. The molecule has 0 unspecified atom stereocenters. The van der Waals surface area contributed by atoms with E-state index in [-0.39, 0.29) is 5.56 Å². The molecule has 0 aliphatic heterocycles. The van der Waals surface area contributed by atoms with Gasteiger partial charge < -0.3 is 14.8 Å². The van der Waals surface area contributed by atoms with Crippen LogP contribution in [0.25, 0.3) is 0 Å². The number of carboxylic acid groups (broad SMARTS) is 1. The van der Waals surface area contributed by atoms with Gasteiger partial charge in [0.05, 0.1) is 6.54 Å². The molecule has 1 aromatic heterocycles. The quantitative estimate of drug-likeness (QED) is 0.893. The van der Waals surface area contributed by atoms with Crippen molar-refractivity contribution in [2.75, 3.05) is 5.32 Å². The summed E-state index contributed by atoms with van der Waals surface area (Å²) in [6.07, 6.45) is 0. The minimum atomic E-state index is -0.967. The molecule has 0 radical (unpaired) electrons. The van der Waals surface area contributed by atoms with Crippen LogP contribution in [0, 0.1) is 13.8 Å². The molecule has 100 valence electrons. The van der Waals surface area contributed by atoms with E-state index in [1.54, 1.807) is 13.0 Å². The van der Waals surface area contributed by atoms with E-state index in [0.717, 1.165) is 15.7 Å². The van der Waals surface area contributed by atoms with Crippen molar-refractivity contribution < 1.29 is 14.3 Å². The molecule has 0 saturated carbocycles. The predicted octanol–water partition coefficient (Wildman–Crippen LogP) is 3.97. The van der Waals surface area contributed by atoms with Gasteiger partial charge in [-0.25, -0.2) is 4.79 Å². The van der Waals surface area contributed by atoms with Crippen LogP contribution < -0.4 is 5.32 Å². The van der Waals surface area contributed by atoms with Gasteiger partial charge in [0, 0.05) is 10.2 Å². The summed E-state index contributed by atoms with van der Waals surface area (Å²) in [5.41, 5.74) is 2.30. The number of carbonyl (C=O) groups is 1. The maximum Gasteiger partial charge on any atom is 0.339 e. The van der Waals surface area contributed by atoms with Crippen LogP contribution in [0.3, 0.4) is 0 Å². The van der Waals surface area contributed by atoms with E-state index in [1.807, 2.05) is 25.1 Å². The van der Waals surface area contributed by atoms with Crippen molar-refractivity contribution in [2.24, 2.45) is 0 Å². The SMILES string of the molecule is Cc1cc(Br)cc(NCc2cc(C(=O)O)c(C)o2)c1. The molecule has 19 heavy (non-hydrogen) atoms. The summed E-state index contributed by atoms with van der Waals surface area (Å²) in [6.45, 7) is 4.11. The van der Waals surface area contributed by atoms with E-state index in [0.29, 0.717) is 18.1 Å². The number of aromatic carboxylic acids is 1. The van der Waals surface area contributed by atoms with Crippen molar-refractivity contribution >= 4 is 27.6 Å². The maximum absolute atomic E-state index is 10.9. The van der Waals surface area contributed by atoms with Crippen LogP contribution in [-0.2, 0) is 6.54 Å². The van der Waals surface area contributed by atoms with Gasteiger partial charge in [-0.1, -0.05) is 15.9 Å². The first-order chi connectivity index (χ1) is 8.95. The number of aryl methyl sites for hydroxylation is 2. The van der Waals surface area contributed by atoms with Gasteiger partial charge in [-0.05, 0) is 43.7 Å². The molecular formula is C14H14BrNO3. The van der Waals surface area contributed by atoms with Crippen molar-refractivity contribution in [1.29, 1.82) is 0 Å². The first-order valence-corrected chi connectivity index (χ1v) is 6.58. The number of carboxylic acids is 1.